The lowest BCUT2D eigenvalue weighted by Gasteiger charge is -2.11. The van der Waals surface area contributed by atoms with Gasteiger partial charge >= 0.3 is 0 Å². The highest BCUT2D eigenvalue weighted by Crippen LogP contribution is 2.20. The molecular weight excluding hydrogens is 340 g/mol. The highest BCUT2D eigenvalue weighted by atomic mass is 32.2. The van der Waals surface area contributed by atoms with Crippen LogP contribution in [0.2, 0.25) is 0 Å². The van der Waals surface area contributed by atoms with E-state index in [4.69, 9.17) is 0 Å². The fraction of sp³-hybridized carbons (Fsp3) is 0.353. The Morgan fingerprint density at radius 1 is 1.16 bits per heavy atom. The maximum atomic E-state index is 12.2. The molecule has 1 saturated heterocycles. The molecule has 2 N–H and O–H groups in total. The first kappa shape index (κ1) is 17.3. The van der Waals surface area contributed by atoms with Crippen molar-refractivity contribution < 1.29 is 13.2 Å². The minimum Gasteiger partial charge on any atom is -0.347 e. The summed E-state index contributed by atoms with van der Waals surface area (Å²) >= 11 is 0. The van der Waals surface area contributed by atoms with Crippen molar-refractivity contribution in [1.82, 2.24) is 15.5 Å². The average molecular weight is 360 g/mol. The van der Waals surface area contributed by atoms with Gasteiger partial charge < -0.3 is 10.6 Å². The number of sulfone groups is 1. The van der Waals surface area contributed by atoms with Crippen molar-refractivity contribution in [2.75, 3.05) is 16.8 Å². The largest absolute Gasteiger partial charge is 0.347 e. The van der Waals surface area contributed by atoms with Crippen LogP contribution < -0.4 is 10.6 Å². The SMILES string of the molecule is Cc1ccc(C)c(Nc2ccc(C(=O)NC3CCS(=O)(=O)C3)nn2)c1. The van der Waals surface area contributed by atoms with Crippen molar-refractivity contribution in [2.45, 2.75) is 26.3 Å². The van der Waals surface area contributed by atoms with E-state index >= 15 is 0 Å². The topological polar surface area (TPSA) is 101 Å². The quantitative estimate of drug-likeness (QED) is 0.861. The monoisotopic (exact) mass is 360 g/mol. The first-order valence-electron chi connectivity index (χ1n) is 8.02. The molecule has 1 atom stereocenters. The predicted molar refractivity (Wildman–Crippen MR) is 95.8 cm³/mol. The van der Waals surface area contributed by atoms with E-state index < -0.39 is 15.7 Å². The van der Waals surface area contributed by atoms with E-state index in [0.29, 0.717) is 12.2 Å². The number of carbonyl (C=O) groups excluding carboxylic acids is 1. The van der Waals surface area contributed by atoms with E-state index in [0.717, 1.165) is 16.8 Å². The van der Waals surface area contributed by atoms with Crippen LogP contribution in [0.1, 0.15) is 28.0 Å². The molecule has 0 bridgehead atoms. The maximum absolute atomic E-state index is 12.2. The number of amides is 1. The van der Waals surface area contributed by atoms with E-state index in [1.165, 1.54) is 0 Å². The van der Waals surface area contributed by atoms with Crippen LogP contribution in [0.25, 0.3) is 0 Å². The van der Waals surface area contributed by atoms with Gasteiger partial charge in [0, 0.05) is 11.7 Å². The number of hydrogen-bond acceptors (Lipinski definition) is 6. The molecule has 1 fully saturated rings. The second kappa shape index (κ2) is 6.79. The summed E-state index contributed by atoms with van der Waals surface area (Å²) in [5.74, 6) is 0.224. The highest BCUT2D eigenvalue weighted by molar-refractivity contribution is 7.91. The van der Waals surface area contributed by atoms with E-state index in [2.05, 4.69) is 20.8 Å². The molecule has 1 aromatic heterocycles. The summed E-state index contributed by atoms with van der Waals surface area (Å²) in [5, 5.41) is 13.8. The van der Waals surface area contributed by atoms with Gasteiger partial charge in [-0.3, -0.25) is 4.79 Å². The van der Waals surface area contributed by atoms with Gasteiger partial charge in [0.2, 0.25) is 0 Å². The molecule has 25 heavy (non-hydrogen) atoms. The van der Waals surface area contributed by atoms with Crippen molar-refractivity contribution >= 4 is 27.2 Å². The van der Waals surface area contributed by atoms with Crippen LogP contribution in [0.5, 0.6) is 0 Å². The van der Waals surface area contributed by atoms with Crippen LogP contribution in [-0.2, 0) is 9.84 Å². The Hall–Kier alpha value is -2.48. The molecule has 8 heteroatoms. The summed E-state index contributed by atoms with van der Waals surface area (Å²) in [6, 6.07) is 8.95. The molecule has 1 aliphatic heterocycles. The number of benzene rings is 1. The Bertz CT molecular complexity index is 895. The van der Waals surface area contributed by atoms with Crippen LogP contribution >= 0.6 is 0 Å². The Morgan fingerprint density at radius 2 is 1.96 bits per heavy atom. The highest BCUT2D eigenvalue weighted by Gasteiger charge is 2.29. The van der Waals surface area contributed by atoms with Crippen LogP contribution in [0.4, 0.5) is 11.5 Å². The van der Waals surface area contributed by atoms with E-state index in [-0.39, 0.29) is 23.2 Å². The Morgan fingerprint density at radius 3 is 2.60 bits per heavy atom. The summed E-state index contributed by atoms with van der Waals surface area (Å²) < 4.78 is 22.9. The van der Waals surface area contributed by atoms with Gasteiger partial charge in [0.1, 0.15) is 0 Å². The van der Waals surface area contributed by atoms with Crippen molar-refractivity contribution in [3.8, 4) is 0 Å². The van der Waals surface area contributed by atoms with Crippen LogP contribution in [0.15, 0.2) is 30.3 Å². The lowest BCUT2D eigenvalue weighted by atomic mass is 10.1. The maximum Gasteiger partial charge on any atom is 0.272 e. The molecule has 0 saturated carbocycles. The van der Waals surface area contributed by atoms with Crippen LogP contribution in [0.3, 0.4) is 0 Å². The Balaban J connectivity index is 1.65. The fourth-order valence-electron chi connectivity index (χ4n) is 2.70. The smallest absolute Gasteiger partial charge is 0.272 e. The zero-order valence-corrected chi connectivity index (χ0v) is 14.9. The van der Waals surface area contributed by atoms with Gasteiger partial charge in [0.05, 0.1) is 11.5 Å². The number of rotatable bonds is 4. The normalized spacial score (nSPS) is 18.7. The van der Waals surface area contributed by atoms with Gasteiger partial charge in [-0.1, -0.05) is 12.1 Å². The molecule has 132 valence electrons. The zero-order chi connectivity index (χ0) is 18.0. The van der Waals surface area contributed by atoms with Crippen LogP contribution in [-0.4, -0.2) is 42.1 Å². The van der Waals surface area contributed by atoms with Gasteiger partial charge in [0.15, 0.2) is 21.3 Å². The second-order valence-electron chi connectivity index (χ2n) is 6.32. The number of aromatic nitrogens is 2. The van der Waals surface area contributed by atoms with Crippen molar-refractivity contribution in [3.05, 3.63) is 47.2 Å². The lowest BCUT2D eigenvalue weighted by molar-refractivity contribution is 0.0935. The third kappa shape index (κ3) is 4.33. The number of hydrogen-bond donors (Lipinski definition) is 2. The van der Waals surface area contributed by atoms with Gasteiger partial charge in [-0.05, 0) is 49.6 Å². The summed E-state index contributed by atoms with van der Waals surface area (Å²) in [7, 11) is -3.03. The second-order valence-corrected chi connectivity index (χ2v) is 8.55. The number of nitrogens with zero attached hydrogens (tertiary/aromatic N) is 2. The zero-order valence-electron chi connectivity index (χ0n) is 14.1. The Kier molecular flexibility index (Phi) is 4.71. The molecule has 1 aromatic carbocycles. The lowest BCUT2D eigenvalue weighted by Crippen LogP contribution is -2.36. The van der Waals surface area contributed by atoms with E-state index in [9.17, 15) is 13.2 Å². The predicted octanol–water partition coefficient (Wildman–Crippen LogP) is 1.75. The molecule has 1 aliphatic rings. The minimum absolute atomic E-state index is 0.0154. The first-order valence-corrected chi connectivity index (χ1v) is 9.84. The standard InChI is InChI=1S/C17H20N4O3S/c1-11-3-4-12(2)15(9-11)19-16-6-5-14(20-21-16)17(22)18-13-7-8-25(23,24)10-13/h3-6,9,13H,7-8,10H2,1-2H3,(H,18,22)(H,19,21). The molecule has 0 aliphatic carbocycles. The molecule has 3 rings (SSSR count). The number of aryl methyl sites for hydroxylation is 2. The minimum atomic E-state index is -3.03. The van der Waals surface area contributed by atoms with Gasteiger partial charge in [0.25, 0.3) is 5.91 Å². The molecular formula is C17H20N4O3S. The summed E-state index contributed by atoms with van der Waals surface area (Å²) in [4.78, 5) is 12.2. The molecule has 2 heterocycles. The van der Waals surface area contributed by atoms with Gasteiger partial charge in [-0.15, -0.1) is 10.2 Å². The molecule has 1 unspecified atom stereocenters. The van der Waals surface area contributed by atoms with Crippen molar-refractivity contribution in [1.29, 1.82) is 0 Å². The third-order valence-electron chi connectivity index (χ3n) is 4.12. The molecule has 2 aromatic rings. The van der Waals surface area contributed by atoms with Gasteiger partial charge in [-0.25, -0.2) is 8.42 Å². The first-order chi connectivity index (χ1) is 11.8. The molecule has 0 radical (unpaired) electrons. The summed E-state index contributed by atoms with van der Waals surface area (Å²) in [6.45, 7) is 4.00. The number of carbonyl (C=O) groups is 1. The molecule has 7 nitrogen and oxygen atoms in total. The summed E-state index contributed by atoms with van der Waals surface area (Å²) in [5.41, 5.74) is 3.30. The molecule has 1 amide bonds. The summed E-state index contributed by atoms with van der Waals surface area (Å²) in [6.07, 6.45) is 0.438. The van der Waals surface area contributed by atoms with E-state index in [1.54, 1.807) is 12.1 Å². The van der Waals surface area contributed by atoms with Gasteiger partial charge in [-0.2, -0.15) is 0 Å². The Labute approximate surface area is 146 Å². The third-order valence-corrected chi connectivity index (χ3v) is 5.89. The van der Waals surface area contributed by atoms with Crippen LogP contribution in [0, 0.1) is 13.8 Å². The average Bonchev–Trinajstić information content (AvgIpc) is 2.90. The number of nitrogens with one attached hydrogen (secondary N) is 2. The van der Waals surface area contributed by atoms with Crippen molar-refractivity contribution in [3.63, 3.8) is 0 Å². The molecule has 0 spiro atoms. The fourth-order valence-corrected chi connectivity index (χ4v) is 4.37. The number of anilines is 2. The van der Waals surface area contributed by atoms with E-state index in [1.807, 2.05) is 32.0 Å². The van der Waals surface area contributed by atoms with Crippen molar-refractivity contribution in [2.24, 2.45) is 0 Å².